The van der Waals surface area contributed by atoms with Gasteiger partial charge in [0.1, 0.15) is 5.82 Å². The minimum Gasteiger partial charge on any atom is -0.309 e. The molecule has 0 amide bonds. The quantitative estimate of drug-likeness (QED) is 0.169. The summed E-state index contributed by atoms with van der Waals surface area (Å²) in [6.07, 6.45) is 0. The van der Waals surface area contributed by atoms with Crippen molar-refractivity contribution < 1.29 is 0 Å². The summed E-state index contributed by atoms with van der Waals surface area (Å²) >= 11 is 0. The van der Waals surface area contributed by atoms with Gasteiger partial charge in [0.15, 0.2) is 5.82 Å². The average molecular weight is 737 g/mol. The monoisotopic (exact) mass is 736 g/mol. The van der Waals surface area contributed by atoms with Gasteiger partial charge < -0.3 is 4.57 Å². The predicted octanol–water partition coefficient (Wildman–Crippen LogP) is 14.1. The molecule has 4 heteroatoms. The van der Waals surface area contributed by atoms with E-state index in [0.29, 0.717) is 5.82 Å². The topological polar surface area (TPSA) is 35.6 Å². The number of aromatic nitrogens is 4. The van der Waals surface area contributed by atoms with Gasteiger partial charge in [0.05, 0.1) is 27.6 Å². The lowest BCUT2D eigenvalue weighted by Gasteiger charge is -2.17. The van der Waals surface area contributed by atoms with Crippen LogP contribution in [0, 0.1) is 0 Å². The maximum Gasteiger partial charge on any atom is 0.162 e. The Bertz CT molecular complexity index is 3850. The smallest absolute Gasteiger partial charge is 0.162 e. The lowest BCUT2D eigenvalue weighted by Crippen LogP contribution is -2.03. The summed E-state index contributed by atoms with van der Waals surface area (Å²) in [4.78, 5) is 10.9. The Morgan fingerprint density at radius 3 is 1.50 bits per heavy atom. The maximum absolute atomic E-state index is 5.60. The third-order valence-corrected chi connectivity index (χ3v) is 12.2. The number of nitrogens with zero attached hydrogens (tertiary/aromatic N) is 4. The lowest BCUT2D eigenvalue weighted by molar-refractivity contribution is 1.08. The van der Waals surface area contributed by atoms with Crippen LogP contribution in [0.5, 0.6) is 0 Å². The summed E-state index contributed by atoms with van der Waals surface area (Å²) in [6, 6.07) is 70.0. The Morgan fingerprint density at radius 1 is 0.310 bits per heavy atom. The van der Waals surface area contributed by atoms with Crippen molar-refractivity contribution in [3.8, 4) is 22.9 Å². The molecule has 0 spiro atoms. The summed E-state index contributed by atoms with van der Waals surface area (Å²) in [5, 5.41) is 15.6. The second-order valence-corrected chi connectivity index (χ2v) is 15.2. The van der Waals surface area contributed by atoms with Crippen LogP contribution in [0.1, 0.15) is 0 Å². The third-order valence-electron chi connectivity index (χ3n) is 12.2. The largest absolute Gasteiger partial charge is 0.309 e. The molecule has 0 saturated heterocycles. The standard InChI is InChI=1S/C54H32N4/c1-2-19-34(20-3-1)57-45-31-14-11-27-42(45)48-50-47(36-22-6-8-24-38(36)51(48)57)37-23-7-9-25-39(37)52-49(50)43-28-12-15-32-46(43)58(52)54-41-26-10-13-30-44(41)55-53(56-54)40-29-16-18-33-17-4-5-21-35(33)40/h1-32H. The van der Waals surface area contributed by atoms with Gasteiger partial charge in [0, 0.05) is 54.3 Å². The van der Waals surface area contributed by atoms with Gasteiger partial charge in [0.2, 0.25) is 0 Å². The zero-order valence-corrected chi connectivity index (χ0v) is 31.3. The molecular formula is C54H32N4. The number of benzene rings is 10. The highest BCUT2D eigenvalue weighted by molar-refractivity contribution is 6.45. The minimum atomic E-state index is 0.709. The minimum absolute atomic E-state index is 0.709. The molecule has 0 aliphatic rings. The summed E-state index contributed by atoms with van der Waals surface area (Å²) in [6.45, 7) is 0. The second-order valence-electron chi connectivity index (χ2n) is 15.2. The highest BCUT2D eigenvalue weighted by Crippen LogP contribution is 2.50. The molecule has 0 aliphatic heterocycles. The molecule has 0 aliphatic carbocycles. The molecule has 10 aromatic carbocycles. The first-order valence-electron chi connectivity index (χ1n) is 19.9. The van der Waals surface area contributed by atoms with Crippen LogP contribution in [0.15, 0.2) is 194 Å². The van der Waals surface area contributed by atoms with Crippen LogP contribution in [0.3, 0.4) is 0 Å². The molecule has 0 fully saturated rings. The maximum atomic E-state index is 5.60. The SMILES string of the molecule is c1ccc(-n2c3ccccc3c3c4c(c5ccccc5c32)c2ccccc2c2c4c3ccccc3n2-c2nc(-c3cccc4ccccc34)nc3ccccc23)cc1. The fraction of sp³-hybridized carbons (Fsp3) is 0. The van der Waals surface area contributed by atoms with Gasteiger partial charge in [-0.25, -0.2) is 9.97 Å². The van der Waals surface area contributed by atoms with Gasteiger partial charge in [-0.3, -0.25) is 4.57 Å². The van der Waals surface area contributed by atoms with Gasteiger partial charge >= 0.3 is 0 Å². The summed E-state index contributed by atoms with van der Waals surface area (Å²) in [5.74, 6) is 1.58. The molecule has 3 aromatic heterocycles. The summed E-state index contributed by atoms with van der Waals surface area (Å²) in [7, 11) is 0. The van der Waals surface area contributed by atoms with Crippen molar-refractivity contribution in [1.82, 2.24) is 19.1 Å². The first-order valence-corrected chi connectivity index (χ1v) is 19.9. The van der Waals surface area contributed by atoms with Crippen LogP contribution >= 0.6 is 0 Å². The first kappa shape index (κ1) is 31.4. The van der Waals surface area contributed by atoms with E-state index < -0.39 is 0 Å². The van der Waals surface area contributed by atoms with E-state index in [1.54, 1.807) is 0 Å². The number of fused-ring (bicyclic) bond motifs is 17. The van der Waals surface area contributed by atoms with Crippen LogP contribution < -0.4 is 0 Å². The van der Waals surface area contributed by atoms with Crippen molar-refractivity contribution in [3.05, 3.63) is 194 Å². The molecular weight excluding hydrogens is 705 g/mol. The second kappa shape index (κ2) is 11.8. The first-order chi connectivity index (χ1) is 28.8. The van der Waals surface area contributed by atoms with E-state index in [9.17, 15) is 0 Å². The molecule has 4 nitrogen and oxygen atoms in total. The summed E-state index contributed by atoms with van der Waals surface area (Å²) < 4.78 is 4.91. The Labute approximate surface area is 332 Å². The molecule has 13 rings (SSSR count). The Balaban J connectivity index is 1.30. The van der Waals surface area contributed by atoms with Crippen LogP contribution in [-0.4, -0.2) is 19.1 Å². The van der Waals surface area contributed by atoms with Gasteiger partial charge in [0.25, 0.3) is 0 Å². The predicted molar refractivity (Wildman–Crippen MR) is 244 cm³/mol. The summed E-state index contributed by atoms with van der Waals surface area (Å²) in [5.41, 5.74) is 7.73. The van der Waals surface area contributed by atoms with Crippen molar-refractivity contribution in [2.75, 3.05) is 0 Å². The molecule has 13 aromatic rings. The number of rotatable bonds is 3. The molecule has 58 heavy (non-hydrogen) atoms. The van der Waals surface area contributed by atoms with E-state index in [4.69, 9.17) is 9.97 Å². The Kier molecular flexibility index (Phi) is 6.41. The van der Waals surface area contributed by atoms with Crippen molar-refractivity contribution in [1.29, 1.82) is 0 Å². The molecule has 0 unspecified atom stereocenters. The number of hydrogen-bond donors (Lipinski definition) is 0. The van der Waals surface area contributed by atoms with Crippen molar-refractivity contribution in [2.24, 2.45) is 0 Å². The molecule has 0 saturated carbocycles. The lowest BCUT2D eigenvalue weighted by atomic mass is 9.89. The highest BCUT2D eigenvalue weighted by atomic mass is 15.1. The fourth-order valence-electron chi connectivity index (χ4n) is 9.94. The fourth-order valence-corrected chi connectivity index (χ4v) is 9.94. The van der Waals surface area contributed by atoms with E-state index >= 15 is 0 Å². The molecule has 3 heterocycles. The zero-order valence-electron chi connectivity index (χ0n) is 31.3. The Hall–Kier alpha value is -7.82. The number of hydrogen-bond acceptors (Lipinski definition) is 2. The van der Waals surface area contributed by atoms with Crippen molar-refractivity contribution >= 4 is 97.6 Å². The number of para-hydroxylation sites is 4. The van der Waals surface area contributed by atoms with Gasteiger partial charge in [-0.2, -0.15) is 0 Å². The average Bonchev–Trinajstić information content (AvgIpc) is 3.83. The van der Waals surface area contributed by atoms with Crippen LogP contribution in [0.2, 0.25) is 0 Å². The molecule has 0 atom stereocenters. The van der Waals surface area contributed by atoms with E-state index in [-0.39, 0.29) is 0 Å². The van der Waals surface area contributed by atoms with E-state index in [1.807, 2.05) is 0 Å². The van der Waals surface area contributed by atoms with Crippen LogP contribution in [0.4, 0.5) is 0 Å². The Morgan fingerprint density at radius 2 is 0.810 bits per heavy atom. The zero-order chi connectivity index (χ0) is 37.9. The highest BCUT2D eigenvalue weighted by Gasteiger charge is 2.27. The van der Waals surface area contributed by atoms with E-state index in [2.05, 4.69) is 203 Å². The molecule has 0 N–H and O–H groups in total. The van der Waals surface area contributed by atoms with Crippen LogP contribution in [-0.2, 0) is 0 Å². The van der Waals surface area contributed by atoms with Crippen LogP contribution in [0.25, 0.3) is 120 Å². The molecule has 0 radical (unpaired) electrons. The van der Waals surface area contributed by atoms with Crippen molar-refractivity contribution in [3.63, 3.8) is 0 Å². The van der Waals surface area contributed by atoms with E-state index in [0.717, 1.165) is 44.4 Å². The normalized spacial score (nSPS) is 12.1. The van der Waals surface area contributed by atoms with Gasteiger partial charge in [-0.15, -0.1) is 0 Å². The van der Waals surface area contributed by atoms with Crippen molar-refractivity contribution in [2.45, 2.75) is 0 Å². The van der Waals surface area contributed by atoms with Gasteiger partial charge in [-0.1, -0.05) is 158 Å². The third kappa shape index (κ3) is 4.18. The van der Waals surface area contributed by atoms with Gasteiger partial charge in [-0.05, 0) is 63.3 Å². The molecule has 268 valence electrons. The molecule has 0 bridgehead atoms. The van der Waals surface area contributed by atoms with E-state index in [1.165, 1.54) is 70.3 Å².